The quantitative estimate of drug-likeness (QED) is 0.244. The first kappa shape index (κ1) is 37.1. The van der Waals surface area contributed by atoms with Crippen molar-refractivity contribution in [2.24, 2.45) is 0 Å². The van der Waals surface area contributed by atoms with Crippen molar-refractivity contribution in [2.45, 2.75) is 133 Å². The SMILES string of the molecule is CC(=O)OC[C@H]1O[C@H](SC2CCCCC2)[C@H](NC(=O)[C@H](CCc2ccccc2)NC(=O)OC(C)(C)C)[C@@H](OC(C)=O)[C@@H]1OC(C)=O. The predicted molar refractivity (Wildman–Crippen MR) is 171 cm³/mol. The molecule has 0 unspecified atom stereocenters. The molecule has 6 atom stereocenters. The molecule has 256 valence electrons. The van der Waals surface area contributed by atoms with Crippen LogP contribution in [-0.2, 0) is 49.3 Å². The van der Waals surface area contributed by atoms with Crippen LogP contribution in [-0.4, -0.2) is 83.2 Å². The first-order valence-corrected chi connectivity index (χ1v) is 16.8. The van der Waals surface area contributed by atoms with Gasteiger partial charge in [-0.2, -0.15) is 0 Å². The number of thioether (sulfide) groups is 1. The Morgan fingerprint density at radius 2 is 1.54 bits per heavy atom. The van der Waals surface area contributed by atoms with E-state index in [0.29, 0.717) is 6.42 Å². The second kappa shape index (κ2) is 17.6. The Bertz CT molecular complexity index is 1180. The van der Waals surface area contributed by atoms with Gasteiger partial charge >= 0.3 is 24.0 Å². The number of carbonyl (C=O) groups excluding carboxylic acids is 5. The molecular weight excluding hydrogens is 616 g/mol. The van der Waals surface area contributed by atoms with Crippen molar-refractivity contribution in [3.05, 3.63) is 35.9 Å². The van der Waals surface area contributed by atoms with Crippen molar-refractivity contribution in [3.63, 3.8) is 0 Å². The van der Waals surface area contributed by atoms with Crippen molar-refractivity contribution < 1.29 is 47.7 Å². The number of nitrogens with one attached hydrogen (secondary N) is 2. The van der Waals surface area contributed by atoms with Crippen molar-refractivity contribution in [1.29, 1.82) is 0 Å². The second-order valence-corrected chi connectivity index (χ2v) is 14.1. The molecule has 1 aromatic rings. The number of rotatable bonds is 12. The Morgan fingerprint density at radius 3 is 2.13 bits per heavy atom. The summed E-state index contributed by atoms with van der Waals surface area (Å²) in [6.07, 6.45) is 1.69. The van der Waals surface area contributed by atoms with Gasteiger partial charge in [-0.15, -0.1) is 11.8 Å². The van der Waals surface area contributed by atoms with Crippen LogP contribution in [0.2, 0.25) is 0 Å². The number of hydrogen-bond acceptors (Lipinski definition) is 11. The molecule has 1 heterocycles. The number of ether oxygens (including phenoxy) is 5. The molecule has 12 nitrogen and oxygen atoms in total. The number of hydrogen-bond donors (Lipinski definition) is 2. The average Bonchev–Trinajstić information content (AvgIpc) is 2.96. The number of benzene rings is 1. The van der Waals surface area contributed by atoms with Crippen LogP contribution < -0.4 is 10.6 Å². The Hall–Kier alpha value is -3.32. The molecule has 1 aliphatic heterocycles. The van der Waals surface area contributed by atoms with E-state index < -0.39 is 71.3 Å². The fraction of sp³-hybridized carbons (Fsp3) is 0.667. The molecule has 0 bridgehead atoms. The number of alkyl carbamates (subject to hydrolysis) is 1. The molecule has 1 aromatic carbocycles. The highest BCUT2D eigenvalue weighted by Gasteiger charge is 2.52. The molecule has 1 aliphatic carbocycles. The Kier molecular flexibility index (Phi) is 14.2. The third kappa shape index (κ3) is 12.5. The molecule has 3 rings (SSSR count). The summed E-state index contributed by atoms with van der Waals surface area (Å²) in [4.78, 5) is 63.3. The van der Waals surface area contributed by atoms with Crippen LogP contribution in [0, 0.1) is 0 Å². The maximum atomic E-state index is 14.1. The van der Waals surface area contributed by atoms with Gasteiger partial charge in [-0.3, -0.25) is 19.2 Å². The van der Waals surface area contributed by atoms with Gasteiger partial charge < -0.3 is 34.3 Å². The fourth-order valence-corrected chi connectivity index (χ4v) is 7.09. The number of esters is 3. The van der Waals surface area contributed by atoms with E-state index in [1.54, 1.807) is 20.8 Å². The zero-order valence-corrected chi connectivity index (χ0v) is 28.4. The largest absolute Gasteiger partial charge is 0.463 e. The third-order valence-corrected chi connectivity index (χ3v) is 8.99. The fourth-order valence-electron chi connectivity index (χ4n) is 5.50. The highest BCUT2D eigenvalue weighted by atomic mass is 32.2. The number of aryl methyl sites for hydroxylation is 1. The van der Waals surface area contributed by atoms with Gasteiger partial charge in [0.1, 0.15) is 35.8 Å². The summed E-state index contributed by atoms with van der Waals surface area (Å²) in [6.45, 7) is 8.59. The van der Waals surface area contributed by atoms with Gasteiger partial charge in [0.25, 0.3) is 0 Å². The third-order valence-electron chi connectivity index (χ3n) is 7.46. The normalized spacial score (nSPS) is 24.2. The summed E-state index contributed by atoms with van der Waals surface area (Å²) in [5.74, 6) is -2.45. The molecule has 2 fully saturated rings. The van der Waals surface area contributed by atoms with E-state index in [-0.39, 0.29) is 18.3 Å². The van der Waals surface area contributed by atoms with E-state index in [4.69, 9.17) is 23.7 Å². The van der Waals surface area contributed by atoms with Crippen molar-refractivity contribution in [1.82, 2.24) is 10.6 Å². The molecule has 1 saturated heterocycles. The molecule has 1 saturated carbocycles. The summed E-state index contributed by atoms with van der Waals surface area (Å²) in [5.41, 5.74) is -0.586. The van der Waals surface area contributed by atoms with Crippen LogP contribution in [0.5, 0.6) is 0 Å². The summed E-state index contributed by atoms with van der Waals surface area (Å²) >= 11 is 1.50. The lowest BCUT2D eigenvalue weighted by atomic mass is 9.96. The van der Waals surface area contributed by atoms with Gasteiger partial charge in [0.05, 0.1) is 0 Å². The molecule has 2 aliphatic rings. The summed E-state index contributed by atoms with van der Waals surface area (Å²) in [5, 5.41) is 5.87. The minimum absolute atomic E-state index is 0.199. The standard InChI is InChI=1S/C33H48N2O10S/c1-20(36)41-19-26-28(42-21(2)37)29(43-22(3)38)27(31(44-26)46-24-15-11-8-12-16-24)35-30(39)25(34-32(40)45-33(4,5)6)18-17-23-13-9-7-10-14-23/h7,9-10,13-14,24-29,31H,8,11-12,15-19H2,1-6H3,(H,34,40)(H,35,39)/t25-,26+,27+,28+,29+,31+/m0/s1. The predicted octanol–water partition coefficient (Wildman–Crippen LogP) is 4.21. The van der Waals surface area contributed by atoms with Gasteiger partial charge in [0.2, 0.25) is 5.91 Å². The number of carbonyl (C=O) groups is 5. The maximum Gasteiger partial charge on any atom is 0.408 e. The average molecular weight is 665 g/mol. The highest BCUT2D eigenvalue weighted by Crippen LogP contribution is 2.38. The zero-order chi connectivity index (χ0) is 33.9. The summed E-state index contributed by atoms with van der Waals surface area (Å²) < 4.78 is 28.5. The smallest absolute Gasteiger partial charge is 0.408 e. The summed E-state index contributed by atoms with van der Waals surface area (Å²) in [7, 11) is 0. The van der Waals surface area contributed by atoms with Crippen LogP contribution in [0.15, 0.2) is 30.3 Å². The molecule has 2 amide bonds. The first-order valence-electron chi connectivity index (χ1n) is 15.8. The molecule has 46 heavy (non-hydrogen) atoms. The van der Waals surface area contributed by atoms with Crippen molar-refractivity contribution in [3.8, 4) is 0 Å². The molecule has 2 N–H and O–H groups in total. The molecule has 0 radical (unpaired) electrons. The highest BCUT2D eigenvalue weighted by molar-refractivity contribution is 8.00. The number of amides is 2. The lowest BCUT2D eigenvalue weighted by Gasteiger charge is -2.46. The van der Waals surface area contributed by atoms with Crippen LogP contribution in [0.25, 0.3) is 0 Å². The van der Waals surface area contributed by atoms with E-state index in [1.807, 2.05) is 30.3 Å². The lowest BCUT2D eigenvalue weighted by Crippen LogP contribution is -2.67. The molecule has 0 spiro atoms. The van der Waals surface area contributed by atoms with Crippen molar-refractivity contribution in [2.75, 3.05) is 6.61 Å². The Balaban J connectivity index is 1.96. The van der Waals surface area contributed by atoms with Crippen LogP contribution in [0.1, 0.15) is 85.6 Å². The van der Waals surface area contributed by atoms with E-state index in [1.165, 1.54) is 32.5 Å². The topological polar surface area (TPSA) is 156 Å². The first-order chi connectivity index (χ1) is 21.7. The zero-order valence-electron chi connectivity index (χ0n) is 27.6. The minimum atomic E-state index is -1.20. The summed E-state index contributed by atoms with van der Waals surface area (Å²) in [6, 6.07) is 7.52. The van der Waals surface area contributed by atoms with Crippen molar-refractivity contribution >= 4 is 41.7 Å². The van der Waals surface area contributed by atoms with Gasteiger partial charge in [0.15, 0.2) is 12.2 Å². The minimum Gasteiger partial charge on any atom is -0.463 e. The van der Waals surface area contributed by atoms with E-state index in [0.717, 1.165) is 37.7 Å². The van der Waals surface area contributed by atoms with Gasteiger partial charge in [-0.25, -0.2) is 4.79 Å². The molecule has 0 aromatic heterocycles. The van der Waals surface area contributed by atoms with Crippen LogP contribution >= 0.6 is 11.8 Å². The van der Waals surface area contributed by atoms with E-state index in [9.17, 15) is 24.0 Å². The van der Waals surface area contributed by atoms with E-state index in [2.05, 4.69) is 10.6 Å². The van der Waals surface area contributed by atoms with Gasteiger partial charge in [-0.05, 0) is 52.0 Å². The molecule has 13 heteroatoms. The molecular formula is C33H48N2O10S. The van der Waals surface area contributed by atoms with Crippen LogP contribution in [0.3, 0.4) is 0 Å². The Morgan fingerprint density at radius 1 is 0.913 bits per heavy atom. The monoisotopic (exact) mass is 664 g/mol. The lowest BCUT2D eigenvalue weighted by molar-refractivity contribution is -0.212. The van der Waals surface area contributed by atoms with Gasteiger partial charge in [-0.1, -0.05) is 49.6 Å². The van der Waals surface area contributed by atoms with Gasteiger partial charge in [0, 0.05) is 26.0 Å². The second-order valence-electron chi connectivity index (χ2n) is 12.6. The van der Waals surface area contributed by atoms with E-state index >= 15 is 0 Å². The Labute approximate surface area is 275 Å². The van der Waals surface area contributed by atoms with Crippen LogP contribution in [0.4, 0.5) is 4.79 Å². The maximum absolute atomic E-state index is 14.1.